The summed E-state index contributed by atoms with van der Waals surface area (Å²) in [5.74, 6) is 0.754. The van der Waals surface area contributed by atoms with Gasteiger partial charge in [0.05, 0.1) is 0 Å². The van der Waals surface area contributed by atoms with Crippen molar-refractivity contribution < 1.29 is 17.3 Å². The zero-order valence-electron chi connectivity index (χ0n) is 11.9. The number of para-hydroxylation sites is 1. The second kappa shape index (κ2) is 4.77. The highest BCUT2D eigenvalue weighted by Crippen LogP contribution is 2.42. The molecule has 0 unspecified atom stereocenters. The Hall–Kier alpha value is -2.01. The lowest BCUT2D eigenvalue weighted by molar-refractivity contribution is 0.136. The van der Waals surface area contributed by atoms with Crippen LogP contribution in [-0.4, -0.2) is 14.0 Å². The topological polar surface area (TPSA) is 52.6 Å². The SMILES string of the molecule is CC1(C)Cc2cccc(OS(=O)(=O)c3ccccc3)c2O1. The molecule has 0 aromatic heterocycles. The van der Waals surface area contributed by atoms with Crippen molar-refractivity contribution in [3.05, 3.63) is 54.1 Å². The van der Waals surface area contributed by atoms with Crippen molar-refractivity contribution >= 4 is 10.1 Å². The molecule has 1 aliphatic rings. The summed E-state index contributed by atoms with van der Waals surface area (Å²) in [5.41, 5.74) is 0.610. The van der Waals surface area contributed by atoms with Crippen LogP contribution in [0.1, 0.15) is 19.4 Å². The van der Waals surface area contributed by atoms with Crippen molar-refractivity contribution in [3.63, 3.8) is 0 Å². The van der Waals surface area contributed by atoms with E-state index in [9.17, 15) is 8.42 Å². The van der Waals surface area contributed by atoms with Gasteiger partial charge in [0.25, 0.3) is 0 Å². The van der Waals surface area contributed by atoms with E-state index in [-0.39, 0.29) is 16.2 Å². The minimum Gasteiger partial charge on any atom is -0.483 e. The Morgan fingerprint density at radius 2 is 1.76 bits per heavy atom. The van der Waals surface area contributed by atoms with Gasteiger partial charge in [-0.25, -0.2) is 0 Å². The molecule has 0 saturated carbocycles. The van der Waals surface area contributed by atoms with Crippen molar-refractivity contribution in [2.24, 2.45) is 0 Å². The minimum absolute atomic E-state index is 0.125. The summed E-state index contributed by atoms with van der Waals surface area (Å²) in [5, 5.41) is 0. The van der Waals surface area contributed by atoms with Crippen LogP contribution in [0.15, 0.2) is 53.4 Å². The van der Waals surface area contributed by atoms with E-state index in [4.69, 9.17) is 8.92 Å². The second-order valence-electron chi connectivity index (χ2n) is 5.63. The third-order valence-corrected chi connectivity index (χ3v) is 4.53. The first-order valence-electron chi connectivity index (χ1n) is 6.68. The molecule has 0 radical (unpaired) electrons. The molecule has 0 bridgehead atoms. The van der Waals surface area contributed by atoms with Gasteiger partial charge < -0.3 is 8.92 Å². The van der Waals surface area contributed by atoms with Crippen molar-refractivity contribution in [3.8, 4) is 11.5 Å². The predicted molar refractivity (Wildman–Crippen MR) is 79.1 cm³/mol. The van der Waals surface area contributed by atoms with Crippen LogP contribution in [0.2, 0.25) is 0 Å². The maximum absolute atomic E-state index is 12.3. The van der Waals surface area contributed by atoms with E-state index in [2.05, 4.69) is 0 Å². The molecule has 0 spiro atoms. The second-order valence-corrected chi connectivity index (χ2v) is 7.18. The minimum atomic E-state index is -3.85. The Labute approximate surface area is 124 Å². The van der Waals surface area contributed by atoms with Gasteiger partial charge in [-0.1, -0.05) is 30.3 Å². The third-order valence-electron chi connectivity index (χ3n) is 3.29. The van der Waals surface area contributed by atoms with Gasteiger partial charge in [-0.05, 0) is 32.0 Å². The van der Waals surface area contributed by atoms with Crippen LogP contribution in [-0.2, 0) is 16.5 Å². The fourth-order valence-electron chi connectivity index (χ4n) is 2.41. The monoisotopic (exact) mass is 304 g/mol. The molecule has 0 N–H and O–H groups in total. The molecular formula is C16H16O4S. The van der Waals surface area contributed by atoms with Crippen LogP contribution in [0, 0.1) is 0 Å². The summed E-state index contributed by atoms with van der Waals surface area (Å²) in [7, 11) is -3.85. The largest absolute Gasteiger partial charge is 0.483 e. The summed E-state index contributed by atoms with van der Waals surface area (Å²) in [6.07, 6.45) is 0.727. The summed E-state index contributed by atoms with van der Waals surface area (Å²) < 4.78 is 35.7. The molecule has 1 aliphatic heterocycles. The normalized spacial score (nSPS) is 16.1. The van der Waals surface area contributed by atoms with Crippen molar-refractivity contribution in [1.29, 1.82) is 0 Å². The van der Waals surface area contributed by atoms with Crippen molar-refractivity contribution in [2.75, 3.05) is 0 Å². The summed E-state index contributed by atoms with van der Waals surface area (Å²) >= 11 is 0. The molecule has 4 nitrogen and oxygen atoms in total. The molecule has 5 heteroatoms. The Bertz CT molecular complexity index is 764. The fourth-order valence-corrected chi connectivity index (χ4v) is 3.36. The van der Waals surface area contributed by atoms with Gasteiger partial charge in [-0.2, -0.15) is 8.42 Å². The van der Waals surface area contributed by atoms with E-state index in [1.807, 2.05) is 19.9 Å². The zero-order chi connectivity index (χ0) is 15.1. The first-order chi connectivity index (χ1) is 9.87. The number of ether oxygens (including phenoxy) is 1. The highest BCUT2D eigenvalue weighted by atomic mass is 32.2. The van der Waals surface area contributed by atoms with Crippen LogP contribution in [0.25, 0.3) is 0 Å². The van der Waals surface area contributed by atoms with Gasteiger partial charge in [0, 0.05) is 12.0 Å². The first-order valence-corrected chi connectivity index (χ1v) is 8.09. The van der Waals surface area contributed by atoms with Gasteiger partial charge >= 0.3 is 10.1 Å². The summed E-state index contributed by atoms with van der Waals surface area (Å²) in [4.78, 5) is 0.125. The van der Waals surface area contributed by atoms with E-state index in [0.717, 1.165) is 12.0 Å². The number of hydrogen-bond donors (Lipinski definition) is 0. The molecule has 110 valence electrons. The summed E-state index contributed by atoms with van der Waals surface area (Å²) in [6, 6.07) is 13.4. The Morgan fingerprint density at radius 3 is 2.48 bits per heavy atom. The maximum Gasteiger partial charge on any atom is 0.339 e. The van der Waals surface area contributed by atoms with Gasteiger partial charge in [0.1, 0.15) is 10.5 Å². The average Bonchev–Trinajstić information content (AvgIpc) is 2.75. The molecule has 3 rings (SSSR count). The molecule has 0 saturated heterocycles. The standard InChI is InChI=1S/C16H16O4S/c1-16(2)11-12-7-6-10-14(15(12)19-16)20-21(17,18)13-8-4-3-5-9-13/h3-10H,11H2,1-2H3. The maximum atomic E-state index is 12.3. The molecular weight excluding hydrogens is 288 g/mol. The Kier molecular flexibility index (Phi) is 3.17. The van der Waals surface area contributed by atoms with Crippen LogP contribution in [0.3, 0.4) is 0 Å². The highest BCUT2D eigenvalue weighted by Gasteiger charge is 2.33. The number of fused-ring (bicyclic) bond motifs is 1. The number of rotatable bonds is 3. The highest BCUT2D eigenvalue weighted by molar-refractivity contribution is 7.87. The molecule has 2 aromatic rings. The first kappa shape index (κ1) is 13.9. The van der Waals surface area contributed by atoms with Crippen LogP contribution < -0.4 is 8.92 Å². The Morgan fingerprint density at radius 1 is 1.05 bits per heavy atom. The number of benzene rings is 2. The van der Waals surface area contributed by atoms with E-state index in [0.29, 0.717) is 5.75 Å². The average molecular weight is 304 g/mol. The zero-order valence-corrected chi connectivity index (χ0v) is 12.7. The van der Waals surface area contributed by atoms with Crippen LogP contribution in [0.4, 0.5) is 0 Å². The quantitative estimate of drug-likeness (QED) is 0.817. The third kappa shape index (κ3) is 2.74. The van der Waals surface area contributed by atoms with E-state index in [1.54, 1.807) is 30.3 Å². The van der Waals surface area contributed by atoms with Crippen molar-refractivity contribution in [1.82, 2.24) is 0 Å². The van der Waals surface area contributed by atoms with Gasteiger partial charge in [0.15, 0.2) is 11.5 Å². The van der Waals surface area contributed by atoms with Gasteiger partial charge in [0.2, 0.25) is 0 Å². The van der Waals surface area contributed by atoms with Gasteiger partial charge in [-0.15, -0.1) is 0 Å². The smallest absolute Gasteiger partial charge is 0.339 e. The molecule has 0 fully saturated rings. The Balaban J connectivity index is 1.96. The molecule has 0 aliphatic carbocycles. The lowest BCUT2D eigenvalue weighted by atomic mass is 10.0. The van der Waals surface area contributed by atoms with E-state index >= 15 is 0 Å². The van der Waals surface area contributed by atoms with Crippen LogP contribution in [0.5, 0.6) is 11.5 Å². The molecule has 0 atom stereocenters. The van der Waals surface area contributed by atoms with E-state index < -0.39 is 10.1 Å². The van der Waals surface area contributed by atoms with Gasteiger partial charge in [-0.3, -0.25) is 0 Å². The summed E-state index contributed by atoms with van der Waals surface area (Å²) in [6.45, 7) is 3.92. The van der Waals surface area contributed by atoms with E-state index in [1.165, 1.54) is 12.1 Å². The molecule has 21 heavy (non-hydrogen) atoms. The lowest BCUT2D eigenvalue weighted by Crippen LogP contribution is -2.24. The molecule has 2 aromatic carbocycles. The van der Waals surface area contributed by atoms with Crippen LogP contribution >= 0.6 is 0 Å². The predicted octanol–water partition coefficient (Wildman–Crippen LogP) is 3.17. The molecule has 0 amide bonds. The molecule has 1 heterocycles. The lowest BCUT2D eigenvalue weighted by Gasteiger charge is -2.18. The fraction of sp³-hybridized carbons (Fsp3) is 0.250. The number of hydrogen-bond acceptors (Lipinski definition) is 4. The van der Waals surface area contributed by atoms with Crippen molar-refractivity contribution in [2.45, 2.75) is 30.8 Å².